The molecule has 100 valence electrons. The number of nitrogens with two attached hydrogens (primary N) is 1. The van der Waals surface area contributed by atoms with Crippen LogP contribution in [0.3, 0.4) is 0 Å². The molecule has 0 radical (unpaired) electrons. The van der Waals surface area contributed by atoms with Crippen LogP contribution in [-0.2, 0) is 0 Å². The van der Waals surface area contributed by atoms with Crippen LogP contribution in [0.15, 0.2) is 42.5 Å². The van der Waals surface area contributed by atoms with Crippen molar-refractivity contribution in [2.75, 3.05) is 17.7 Å². The molecule has 0 atom stereocenters. The largest absolute Gasteiger partial charge is 0.478 e. The summed E-state index contributed by atoms with van der Waals surface area (Å²) in [6, 6.07) is 13.9. The number of hydrogen-bond acceptors (Lipinski definition) is 4. The summed E-state index contributed by atoms with van der Waals surface area (Å²) < 4.78 is 0. The van der Waals surface area contributed by atoms with Crippen molar-refractivity contribution in [3.05, 3.63) is 53.6 Å². The number of aromatic carboxylic acids is 1. The molecule has 0 saturated heterocycles. The van der Waals surface area contributed by atoms with Gasteiger partial charge in [0, 0.05) is 12.7 Å². The Morgan fingerprint density at radius 2 is 1.90 bits per heavy atom. The number of benzene rings is 2. The molecule has 20 heavy (non-hydrogen) atoms. The Hall–Kier alpha value is -3.00. The zero-order chi connectivity index (χ0) is 14.7. The Labute approximate surface area is 116 Å². The summed E-state index contributed by atoms with van der Waals surface area (Å²) in [5.74, 6) is -1.06. The molecule has 0 amide bonds. The number of para-hydroxylation sites is 1. The molecule has 5 heteroatoms. The fourth-order valence-corrected chi connectivity index (χ4v) is 1.93. The summed E-state index contributed by atoms with van der Waals surface area (Å²) in [5, 5.41) is 17.9. The van der Waals surface area contributed by atoms with Crippen molar-refractivity contribution in [3.63, 3.8) is 0 Å². The van der Waals surface area contributed by atoms with Crippen LogP contribution in [0.25, 0.3) is 0 Å². The second kappa shape index (κ2) is 5.33. The first-order valence-electron chi connectivity index (χ1n) is 5.90. The first-order chi connectivity index (χ1) is 9.54. The first kappa shape index (κ1) is 13.4. The zero-order valence-electron chi connectivity index (χ0n) is 10.9. The average molecular weight is 267 g/mol. The van der Waals surface area contributed by atoms with Crippen molar-refractivity contribution < 1.29 is 9.90 Å². The molecule has 0 unspecified atom stereocenters. The van der Waals surface area contributed by atoms with E-state index in [1.165, 1.54) is 6.07 Å². The van der Waals surface area contributed by atoms with Gasteiger partial charge in [-0.25, -0.2) is 4.79 Å². The highest BCUT2D eigenvalue weighted by Gasteiger charge is 2.14. The van der Waals surface area contributed by atoms with Gasteiger partial charge in [-0.15, -0.1) is 0 Å². The molecule has 5 nitrogen and oxygen atoms in total. The fourth-order valence-electron chi connectivity index (χ4n) is 1.93. The number of carboxylic acids is 1. The highest BCUT2D eigenvalue weighted by atomic mass is 16.4. The van der Waals surface area contributed by atoms with Gasteiger partial charge in [-0.3, -0.25) is 0 Å². The van der Waals surface area contributed by atoms with Crippen LogP contribution < -0.4 is 10.6 Å². The molecule has 0 aliphatic carbocycles. The lowest BCUT2D eigenvalue weighted by atomic mass is 10.1. The maximum absolute atomic E-state index is 11.1. The van der Waals surface area contributed by atoms with E-state index in [0.29, 0.717) is 11.3 Å². The van der Waals surface area contributed by atoms with Crippen molar-refractivity contribution in [1.82, 2.24) is 0 Å². The summed E-state index contributed by atoms with van der Waals surface area (Å²) in [5.41, 5.74) is 8.18. The third-order valence-electron chi connectivity index (χ3n) is 3.06. The molecule has 0 aromatic heterocycles. The minimum atomic E-state index is -1.06. The third-order valence-corrected chi connectivity index (χ3v) is 3.06. The second-order valence-electron chi connectivity index (χ2n) is 4.26. The van der Waals surface area contributed by atoms with Crippen LogP contribution in [0.5, 0.6) is 0 Å². The maximum atomic E-state index is 11.1. The number of nitriles is 1. The Balaban J connectivity index is 2.43. The number of nitrogens with zero attached hydrogens (tertiary/aromatic N) is 2. The summed E-state index contributed by atoms with van der Waals surface area (Å²) >= 11 is 0. The van der Waals surface area contributed by atoms with Gasteiger partial charge in [0.25, 0.3) is 0 Å². The van der Waals surface area contributed by atoms with Gasteiger partial charge in [0.2, 0.25) is 0 Å². The van der Waals surface area contributed by atoms with E-state index in [1.54, 1.807) is 48.3 Å². The van der Waals surface area contributed by atoms with Crippen molar-refractivity contribution in [3.8, 4) is 6.07 Å². The molecule has 0 spiro atoms. The Morgan fingerprint density at radius 1 is 1.25 bits per heavy atom. The van der Waals surface area contributed by atoms with E-state index in [9.17, 15) is 4.79 Å². The highest BCUT2D eigenvalue weighted by Crippen LogP contribution is 2.31. The molecule has 0 fully saturated rings. The zero-order valence-corrected chi connectivity index (χ0v) is 10.9. The minimum absolute atomic E-state index is 0.0722. The van der Waals surface area contributed by atoms with Crippen LogP contribution in [0, 0.1) is 11.3 Å². The monoisotopic (exact) mass is 267 g/mol. The normalized spacial score (nSPS) is 9.80. The van der Waals surface area contributed by atoms with Gasteiger partial charge in [0.15, 0.2) is 0 Å². The molecule has 0 bridgehead atoms. The molecular formula is C15H13N3O2. The Kier molecular flexibility index (Phi) is 3.58. The van der Waals surface area contributed by atoms with Crippen LogP contribution in [0.4, 0.5) is 17.1 Å². The van der Waals surface area contributed by atoms with E-state index in [1.807, 2.05) is 6.07 Å². The summed E-state index contributed by atoms with van der Waals surface area (Å²) in [4.78, 5) is 12.9. The number of carbonyl (C=O) groups is 1. The quantitative estimate of drug-likeness (QED) is 0.834. The molecule has 2 rings (SSSR count). The van der Waals surface area contributed by atoms with Gasteiger partial charge < -0.3 is 15.7 Å². The number of hydrogen-bond donors (Lipinski definition) is 2. The van der Waals surface area contributed by atoms with Crippen LogP contribution in [0.1, 0.15) is 15.9 Å². The highest BCUT2D eigenvalue weighted by molar-refractivity contribution is 5.97. The third kappa shape index (κ3) is 2.40. The summed E-state index contributed by atoms with van der Waals surface area (Å²) in [6.07, 6.45) is 0. The predicted octanol–water partition coefficient (Wildman–Crippen LogP) is 2.61. The van der Waals surface area contributed by atoms with Crippen molar-refractivity contribution in [2.45, 2.75) is 0 Å². The average Bonchev–Trinajstić information content (AvgIpc) is 2.46. The lowest BCUT2D eigenvalue weighted by Crippen LogP contribution is -2.14. The van der Waals surface area contributed by atoms with Gasteiger partial charge in [0.1, 0.15) is 0 Å². The van der Waals surface area contributed by atoms with Gasteiger partial charge >= 0.3 is 5.97 Å². The number of anilines is 3. The van der Waals surface area contributed by atoms with E-state index < -0.39 is 5.97 Å². The van der Waals surface area contributed by atoms with E-state index in [2.05, 4.69) is 0 Å². The number of carboxylic acid groups (broad SMARTS) is 1. The fraction of sp³-hybridized carbons (Fsp3) is 0.0667. The number of rotatable bonds is 3. The predicted molar refractivity (Wildman–Crippen MR) is 77.0 cm³/mol. The Morgan fingerprint density at radius 3 is 2.45 bits per heavy atom. The smallest absolute Gasteiger partial charge is 0.337 e. The lowest BCUT2D eigenvalue weighted by molar-refractivity contribution is 0.0698. The van der Waals surface area contributed by atoms with Crippen LogP contribution >= 0.6 is 0 Å². The standard InChI is InChI=1S/C15H13N3O2/c1-18(11-7-5-10(9-16)6-8-11)13-4-2-3-12(14(13)17)15(19)20/h2-8H,17H2,1H3,(H,19,20). The molecule has 0 heterocycles. The van der Waals surface area contributed by atoms with Crippen LogP contribution in [0.2, 0.25) is 0 Å². The molecule has 3 N–H and O–H groups in total. The van der Waals surface area contributed by atoms with Gasteiger partial charge in [-0.2, -0.15) is 5.26 Å². The van der Waals surface area contributed by atoms with Gasteiger partial charge in [0.05, 0.1) is 28.6 Å². The summed E-state index contributed by atoms with van der Waals surface area (Å²) in [7, 11) is 1.79. The maximum Gasteiger partial charge on any atom is 0.337 e. The Bertz CT molecular complexity index is 687. The van der Waals surface area contributed by atoms with Crippen molar-refractivity contribution >= 4 is 23.0 Å². The molecule has 0 saturated carbocycles. The van der Waals surface area contributed by atoms with E-state index in [-0.39, 0.29) is 11.3 Å². The van der Waals surface area contributed by atoms with Crippen LogP contribution in [-0.4, -0.2) is 18.1 Å². The van der Waals surface area contributed by atoms with E-state index >= 15 is 0 Å². The van der Waals surface area contributed by atoms with E-state index in [4.69, 9.17) is 16.1 Å². The molecule has 2 aromatic rings. The van der Waals surface area contributed by atoms with Crippen molar-refractivity contribution in [1.29, 1.82) is 5.26 Å². The van der Waals surface area contributed by atoms with Gasteiger partial charge in [-0.05, 0) is 36.4 Å². The van der Waals surface area contributed by atoms with E-state index in [0.717, 1.165) is 5.69 Å². The molecule has 0 aliphatic rings. The molecule has 0 aliphatic heterocycles. The number of nitrogen functional groups attached to an aromatic ring is 1. The van der Waals surface area contributed by atoms with Gasteiger partial charge in [-0.1, -0.05) is 6.07 Å². The molecular weight excluding hydrogens is 254 g/mol. The molecule has 2 aromatic carbocycles. The summed E-state index contributed by atoms with van der Waals surface area (Å²) in [6.45, 7) is 0. The first-order valence-corrected chi connectivity index (χ1v) is 5.90. The second-order valence-corrected chi connectivity index (χ2v) is 4.26. The topological polar surface area (TPSA) is 90.3 Å². The SMILES string of the molecule is CN(c1ccc(C#N)cc1)c1cccc(C(=O)O)c1N. The van der Waals surface area contributed by atoms with Crippen molar-refractivity contribution in [2.24, 2.45) is 0 Å². The minimum Gasteiger partial charge on any atom is -0.478 e. The lowest BCUT2D eigenvalue weighted by Gasteiger charge is -2.22.